The Morgan fingerprint density at radius 3 is 1.90 bits per heavy atom. The number of rotatable bonds is 33. The molecule has 3 aliphatic heterocycles. The number of carbonyl (C=O) groups excluding carboxylic acids is 11. The number of cyclic esters (lactones) is 1. The van der Waals surface area contributed by atoms with Crippen LogP contribution in [0.5, 0.6) is 0 Å². The molecule has 5 unspecified atom stereocenters. The number of piperidine rings is 1. The highest BCUT2D eigenvalue weighted by Crippen LogP contribution is 2.38. The molecule has 1 saturated carbocycles. The van der Waals surface area contributed by atoms with Crippen molar-refractivity contribution < 1.29 is 136 Å². The number of aliphatic hydroxyl groups excluding tert-OH is 1. The molecule has 0 spiro atoms. The summed E-state index contributed by atoms with van der Waals surface area (Å²) in [6.45, 7) is 12.4. The van der Waals surface area contributed by atoms with Gasteiger partial charge in [-0.2, -0.15) is 0 Å². The number of nitrogens with zero attached hydrogens (tertiary/aromatic N) is 1. The number of guanidine groups is 1. The molecule has 0 aromatic heterocycles. The van der Waals surface area contributed by atoms with E-state index < -0.39 is 235 Å². The van der Waals surface area contributed by atoms with Crippen LogP contribution in [-0.4, -0.2) is 268 Å². The van der Waals surface area contributed by atoms with Gasteiger partial charge in [0.05, 0.1) is 43.7 Å². The first kappa shape index (κ1) is 99.5. The Bertz CT molecular complexity index is 3560. The lowest BCUT2D eigenvalue weighted by Crippen LogP contribution is -2.61. The molecule has 650 valence electrons. The average molecular weight is 1680 g/mol. The number of ether oxygens (including phenoxy) is 7. The lowest BCUT2D eigenvalue weighted by molar-refractivity contribution is -0.265. The third kappa shape index (κ3) is 32.6. The second-order valence-corrected chi connectivity index (χ2v) is 32.6. The molecule has 20 atom stereocenters. The first-order valence-electron chi connectivity index (χ1n) is 38.7. The molecule has 4 rings (SSSR count). The zero-order chi connectivity index (χ0) is 86.8. The van der Waals surface area contributed by atoms with Crippen molar-refractivity contribution >= 4 is 116 Å². The molecule has 3 heterocycles. The third-order valence-electron chi connectivity index (χ3n) is 20.7. The van der Waals surface area contributed by atoms with E-state index in [0.29, 0.717) is 51.4 Å². The Morgan fingerprint density at radius 1 is 0.716 bits per heavy atom. The lowest BCUT2D eigenvalue weighted by Gasteiger charge is -2.42. The maximum absolute atomic E-state index is 14.8. The summed E-state index contributed by atoms with van der Waals surface area (Å²) in [6, 6.07) is -10.8. The van der Waals surface area contributed by atoms with E-state index in [0.717, 1.165) is 39.0 Å². The van der Waals surface area contributed by atoms with Crippen LogP contribution in [-0.2, 0) is 100 Å². The number of carbonyl (C=O) groups is 15. The number of aliphatic carboxylic acids is 4. The minimum Gasteiger partial charge on any atom is -0.481 e. The van der Waals surface area contributed by atoms with Crippen molar-refractivity contribution in [2.75, 3.05) is 52.5 Å². The summed E-state index contributed by atoms with van der Waals surface area (Å²) in [5.41, 5.74) is 6.26. The second-order valence-electron chi connectivity index (χ2n) is 30.0. The Morgan fingerprint density at radius 2 is 1.32 bits per heavy atom. The van der Waals surface area contributed by atoms with Gasteiger partial charge in [-0.15, -0.1) is 0 Å². The molecule has 2 bridgehead atoms. The van der Waals surface area contributed by atoms with Gasteiger partial charge in [-0.3, -0.25) is 62.9 Å². The number of allylic oxidation sites excluding steroid dienone is 6. The number of hydrogen-bond acceptors (Lipinski definition) is 27. The van der Waals surface area contributed by atoms with E-state index >= 15 is 0 Å². The van der Waals surface area contributed by atoms with Crippen LogP contribution in [0.25, 0.3) is 0 Å². The van der Waals surface area contributed by atoms with Gasteiger partial charge in [0.25, 0.3) is 11.7 Å². The topological polar surface area (TPSA) is 567 Å². The van der Waals surface area contributed by atoms with Crippen LogP contribution >= 0.6 is 21.6 Å². The average Bonchev–Trinajstić information content (AvgIpc) is 0.771. The van der Waals surface area contributed by atoms with Crippen LogP contribution in [0.3, 0.4) is 0 Å². The second kappa shape index (κ2) is 49.4. The van der Waals surface area contributed by atoms with Crippen molar-refractivity contribution in [3.05, 3.63) is 47.6 Å². The number of hydrogen-bond donors (Lipinski definition) is 14. The maximum Gasteiger partial charge on any atom is 0.509 e. The van der Waals surface area contributed by atoms with Gasteiger partial charge in [0.15, 0.2) is 24.0 Å². The number of nitrogens with two attached hydrogens (primary N) is 1. The highest BCUT2D eigenvalue weighted by molar-refractivity contribution is 8.76. The number of carboxylic acid groups (broad SMARTS) is 4. The molecular weight excluding hydrogens is 1560 g/mol. The fraction of sp³-hybridized carbons (Fsp3) is 0.688. The van der Waals surface area contributed by atoms with Crippen LogP contribution in [0.2, 0.25) is 0 Å². The van der Waals surface area contributed by atoms with Gasteiger partial charge in [0, 0.05) is 83.4 Å². The summed E-state index contributed by atoms with van der Waals surface area (Å²) < 4.78 is 41.2. The molecule has 0 radical (unpaired) electrons. The van der Waals surface area contributed by atoms with E-state index in [2.05, 4.69) is 26.6 Å². The van der Waals surface area contributed by atoms with Gasteiger partial charge < -0.3 is 106 Å². The summed E-state index contributed by atoms with van der Waals surface area (Å²) >= 11 is 0. The van der Waals surface area contributed by atoms with Crippen molar-refractivity contribution in [3.8, 4) is 0 Å². The van der Waals surface area contributed by atoms with Gasteiger partial charge in [0.2, 0.25) is 35.3 Å². The Hall–Kier alpha value is -8.86. The molecule has 2 saturated heterocycles. The lowest BCUT2D eigenvalue weighted by atomic mass is 9.78. The van der Waals surface area contributed by atoms with Gasteiger partial charge in [-0.05, 0) is 120 Å². The predicted octanol–water partition coefficient (Wildman–Crippen LogP) is 2.94. The SMILES string of the molecule is CO[C@H]1C[C@@H]2CC[C@@H](C)[C@@](O)(O2)C(=O)C(=O)N2CCCC[C@H]2C(=O)O[C@H]([C@H](C)C[C@@H]2CC[C@@H](O)[C@H](OC)C2)CC(=O)[C@H](C)/C=C(\C)[C@@H](OC(=O)OCCSSCC(NC(=O)C(CC(=O)O)NC(=O)C(CC(=O)O)NC(=O)C(CCCNC(=N)N)NC(=O)C(CC(=O)O)NC(C)=O)C(=O)O)[C@@H](OC)C(=O)[C@H](C)C[C@H](C)/C=C/C=C/C=C/1C. The van der Waals surface area contributed by atoms with Crippen LogP contribution in [0.15, 0.2) is 47.6 Å². The molecule has 3 fully saturated rings. The number of nitrogens with one attached hydrogen (secondary N) is 7. The summed E-state index contributed by atoms with van der Waals surface area (Å²) in [5.74, 6) is -23.9. The number of carboxylic acids is 4. The van der Waals surface area contributed by atoms with Crippen molar-refractivity contribution in [1.29, 1.82) is 5.41 Å². The molecule has 6 amide bonds. The molecule has 4 aliphatic rings. The number of amides is 6. The number of Topliss-reactive ketones (excluding diaryl/α,β-unsaturated/α-hetero) is 3. The van der Waals surface area contributed by atoms with E-state index in [1.54, 1.807) is 39.0 Å². The number of ketones is 3. The monoisotopic (exact) mass is 1680 g/mol. The van der Waals surface area contributed by atoms with Crippen LogP contribution in [0.4, 0.5) is 4.79 Å². The van der Waals surface area contributed by atoms with Gasteiger partial charge in [0.1, 0.15) is 54.7 Å². The Balaban J connectivity index is 1.60. The largest absolute Gasteiger partial charge is 0.509 e. The quantitative estimate of drug-likeness (QED) is 0.00854. The third-order valence-corrected chi connectivity index (χ3v) is 23.1. The molecule has 39 heteroatoms. The highest BCUT2D eigenvalue weighted by atomic mass is 33.1. The van der Waals surface area contributed by atoms with Gasteiger partial charge in [-0.1, -0.05) is 92.7 Å². The summed E-state index contributed by atoms with van der Waals surface area (Å²) in [5, 5.41) is 82.3. The zero-order valence-electron chi connectivity index (χ0n) is 67.5. The van der Waals surface area contributed by atoms with Crippen LogP contribution in [0, 0.1) is 40.9 Å². The maximum atomic E-state index is 14.8. The van der Waals surface area contributed by atoms with E-state index in [4.69, 9.17) is 44.3 Å². The van der Waals surface area contributed by atoms with E-state index in [1.807, 2.05) is 38.2 Å². The minimum atomic E-state index is -2.55. The number of methoxy groups -OCH3 is 3. The fourth-order valence-electron chi connectivity index (χ4n) is 14.2. The molecule has 37 nitrogen and oxygen atoms in total. The van der Waals surface area contributed by atoms with E-state index in [9.17, 15) is 103 Å². The minimum absolute atomic E-state index is 0.0309. The first-order valence-corrected chi connectivity index (χ1v) is 41.1. The van der Waals surface area contributed by atoms with Crippen LogP contribution < -0.4 is 37.6 Å². The molecular formula is C77H117N9O28S2. The number of fused-ring (bicyclic) bond motifs is 3. The molecule has 116 heavy (non-hydrogen) atoms. The Kier molecular flexibility index (Phi) is 42.4. The summed E-state index contributed by atoms with van der Waals surface area (Å²) in [7, 11) is 6.00. The smallest absolute Gasteiger partial charge is 0.481 e. The zero-order valence-corrected chi connectivity index (χ0v) is 69.1. The molecule has 0 aromatic carbocycles. The van der Waals surface area contributed by atoms with E-state index in [-0.39, 0.29) is 74.8 Å². The summed E-state index contributed by atoms with van der Waals surface area (Å²) in [4.78, 5) is 203. The van der Waals surface area contributed by atoms with Gasteiger partial charge in [-0.25, -0.2) is 14.4 Å². The molecule has 1 aliphatic carbocycles. The number of aliphatic hydroxyl groups is 2. The van der Waals surface area contributed by atoms with Gasteiger partial charge >= 0.3 is 36.0 Å². The predicted molar refractivity (Wildman–Crippen MR) is 419 cm³/mol. The fourth-order valence-corrected chi connectivity index (χ4v) is 16.2. The summed E-state index contributed by atoms with van der Waals surface area (Å²) in [6.07, 6.45) is 2.58. The van der Waals surface area contributed by atoms with Crippen molar-refractivity contribution in [1.82, 2.24) is 36.8 Å². The molecule has 15 N–H and O–H groups in total. The Labute approximate surface area is 681 Å². The van der Waals surface area contributed by atoms with E-state index in [1.165, 1.54) is 34.3 Å². The standard InChI is InChI=1S/C77H117N9O28S2/c1-40-18-13-12-14-19-41(2)58(108-9)34-49-24-22-46(7)77(107,114-49)67(97)72(102)86-27-16-15-21-55(86)74(105)112-59(43(4)32-48-23-25-56(88)60(33-48)109-10)38-57(89)42(3)31-45(6)65(66(110-11)64(96)44(5)30-40)113-76(106)111-28-29-115-116-39-54(73(103)104)85-71(101)53(37-63(94)95)84-70(100)52(36-62(92)93)83-68(98)50(20-17-26-80-75(78)79)82-69(99)51(35-61(90)91)81-47(8)87/h12-14,18-19,31,40,42-44,46,48-56,58-60,65-66,88,107H,15-17,20-30,32-39H2,1-11H3,(H,81,87)(H,82,99)(H,83,98)(H,84,100)(H,85,101)(H,90,91)(H,92,93)(H,94,95)(H,103,104)(H4,78,79,80)/b14-12+,18-13+,41-19+,45-31+/t40-,42-,43-,44-,46-,48+,49+,50?,51?,52?,53?,54?,55+,56-,58+,59+,60-,65-,66+,77-/m1/s1. The molecule has 0 aromatic rings. The van der Waals surface area contributed by atoms with Crippen molar-refractivity contribution in [2.24, 2.45) is 41.2 Å². The van der Waals surface area contributed by atoms with Crippen molar-refractivity contribution in [3.63, 3.8) is 0 Å². The number of esters is 1. The highest BCUT2D eigenvalue weighted by Gasteiger charge is 2.53. The van der Waals surface area contributed by atoms with Crippen molar-refractivity contribution in [2.45, 2.75) is 249 Å². The normalized spacial score (nSPS) is 28.6. The van der Waals surface area contributed by atoms with Crippen LogP contribution in [0.1, 0.15) is 165 Å². The first-order chi connectivity index (χ1) is 54.6.